The number of pyridine rings is 2. The molecule has 3 heterocycles. The van der Waals surface area contributed by atoms with Crippen LogP contribution < -0.4 is 5.73 Å². The zero-order valence-electron chi connectivity index (χ0n) is 16.6. The zero-order chi connectivity index (χ0) is 21.6. The number of hydrogen-bond donors (Lipinski definition) is 2. The molecule has 5 rings (SSSR count). The van der Waals surface area contributed by atoms with Crippen molar-refractivity contribution in [3.63, 3.8) is 0 Å². The molecule has 1 aliphatic rings. The van der Waals surface area contributed by atoms with Crippen molar-refractivity contribution in [2.75, 3.05) is 0 Å². The number of rotatable bonds is 5. The van der Waals surface area contributed by atoms with Gasteiger partial charge in [-0.2, -0.15) is 5.10 Å². The number of aromatic nitrogens is 4. The van der Waals surface area contributed by atoms with E-state index in [4.69, 9.17) is 5.73 Å². The maximum absolute atomic E-state index is 13.2. The summed E-state index contributed by atoms with van der Waals surface area (Å²) in [5.41, 5.74) is 9.82. The van der Waals surface area contributed by atoms with Crippen molar-refractivity contribution in [3.05, 3.63) is 72.2 Å². The van der Waals surface area contributed by atoms with E-state index in [1.165, 1.54) is 0 Å². The Kier molecular flexibility index (Phi) is 4.75. The third-order valence-electron chi connectivity index (χ3n) is 5.78. The molecular weight excluding hydrogens is 400 g/mol. The maximum Gasteiger partial charge on any atom is 0.248 e. The number of aliphatic hydroxyl groups excluding tert-OH is 1. The Morgan fingerprint density at radius 1 is 1.10 bits per heavy atom. The number of nitrogens with two attached hydrogens (primary N) is 1. The number of benzene rings is 1. The van der Waals surface area contributed by atoms with Crippen LogP contribution >= 0.6 is 0 Å². The number of nitrogens with zero attached hydrogens (tertiary/aromatic N) is 4. The number of fused-ring (bicyclic) bond motifs is 1. The fourth-order valence-corrected chi connectivity index (χ4v) is 4.03. The Morgan fingerprint density at radius 2 is 1.90 bits per heavy atom. The Hall–Kier alpha value is -3.23. The van der Waals surface area contributed by atoms with Crippen molar-refractivity contribution in [2.24, 2.45) is 11.7 Å². The van der Waals surface area contributed by atoms with E-state index in [1.54, 1.807) is 23.0 Å². The molecule has 31 heavy (non-hydrogen) atoms. The Labute approximate surface area is 177 Å². The minimum Gasteiger partial charge on any atom is -0.390 e. The molecule has 1 unspecified atom stereocenters. The molecule has 6 nitrogen and oxygen atoms in total. The van der Waals surface area contributed by atoms with Crippen LogP contribution in [0.4, 0.5) is 8.78 Å². The fourth-order valence-electron chi connectivity index (χ4n) is 4.03. The van der Waals surface area contributed by atoms with Crippen LogP contribution in [0.5, 0.6) is 0 Å². The molecule has 158 valence electrons. The van der Waals surface area contributed by atoms with Gasteiger partial charge in [-0.25, -0.2) is 18.4 Å². The summed E-state index contributed by atoms with van der Waals surface area (Å²) in [7, 11) is 0. The average molecular weight is 421 g/mol. The van der Waals surface area contributed by atoms with E-state index in [0.29, 0.717) is 22.9 Å². The zero-order valence-corrected chi connectivity index (χ0v) is 16.6. The quantitative estimate of drug-likeness (QED) is 0.508. The summed E-state index contributed by atoms with van der Waals surface area (Å²) in [6, 6.07) is 16.2. The standard InChI is InChI=1S/C23H21F2N5O/c24-23(25)10-16(11-23)22(26)19-5-2-4-18(29-19)14-7-8-15-12-27-30(20(15)9-14)21-6-1-3-17(13-31)28-21/h1-9,12,16,22,31H,10-11,13,26H2. The lowest BCUT2D eigenvalue weighted by molar-refractivity contribution is -0.117. The monoisotopic (exact) mass is 421 g/mol. The highest BCUT2D eigenvalue weighted by molar-refractivity contribution is 5.84. The second-order valence-corrected chi connectivity index (χ2v) is 7.97. The number of halogens is 2. The summed E-state index contributed by atoms with van der Waals surface area (Å²) in [6.07, 6.45) is 1.37. The van der Waals surface area contributed by atoms with Crippen LogP contribution in [0, 0.1) is 5.92 Å². The Bertz CT molecular complexity index is 1250. The van der Waals surface area contributed by atoms with Gasteiger partial charge in [0.2, 0.25) is 5.92 Å². The molecule has 3 N–H and O–H groups in total. The number of aliphatic hydroxyl groups is 1. The molecular formula is C23H21F2N5O. The van der Waals surface area contributed by atoms with Gasteiger partial charge in [0.05, 0.1) is 41.4 Å². The van der Waals surface area contributed by atoms with Crippen molar-refractivity contribution in [1.29, 1.82) is 0 Å². The molecule has 3 aromatic heterocycles. The molecule has 1 aliphatic carbocycles. The lowest BCUT2D eigenvalue weighted by atomic mass is 9.75. The summed E-state index contributed by atoms with van der Waals surface area (Å²) in [5.74, 6) is -2.26. The van der Waals surface area contributed by atoms with Gasteiger partial charge in [0.15, 0.2) is 5.82 Å². The van der Waals surface area contributed by atoms with E-state index in [9.17, 15) is 13.9 Å². The van der Waals surface area contributed by atoms with Gasteiger partial charge in [-0.1, -0.05) is 24.3 Å². The van der Waals surface area contributed by atoms with E-state index < -0.39 is 12.0 Å². The van der Waals surface area contributed by atoms with Gasteiger partial charge in [-0.15, -0.1) is 0 Å². The number of hydrogen-bond acceptors (Lipinski definition) is 5. The van der Waals surface area contributed by atoms with E-state index >= 15 is 0 Å². The van der Waals surface area contributed by atoms with Gasteiger partial charge in [0, 0.05) is 23.8 Å². The molecule has 1 fully saturated rings. The highest BCUT2D eigenvalue weighted by Gasteiger charge is 2.48. The van der Waals surface area contributed by atoms with Gasteiger partial charge < -0.3 is 10.8 Å². The molecule has 1 saturated carbocycles. The van der Waals surface area contributed by atoms with Crippen LogP contribution in [-0.4, -0.2) is 30.8 Å². The van der Waals surface area contributed by atoms with E-state index in [0.717, 1.165) is 16.5 Å². The second-order valence-electron chi connectivity index (χ2n) is 7.97. The summed E-state index contributed by atoms with van der Waals surface area (Å²) in [4.78, 5) is 9.09. The summed E-state index contributed by atoms with van der Waals surface area (Å²) in [6.45, 7) is -0.151. The molecule has 0 amide bonds. The highest BCUT2D eigenvalue weighted by atomic mass is 19.3. The first kappa shape index (κ1) is 19.7. The van der Waals surface area contributed by atoms with E-state index in [-0.39, 0.29) is 25.4 Å². The molecule has 0 aliphatic heterocycles. The summed E-state index contributed by atoms with van der Waals surface area (Å²) >= 11 is 0. The van der Waals surface area contributed by atoms with Crippen molar-refractivity contribution in [3.8, 4) is 17.1 Å². The largest absolute Gasteiger partial charge is 0.390 e. The lowest BCUT2D eigenvalue weighted by Gasteiger charge is -2.38. The van der Waals surface area contributed by atoms with Gasteiger partial charge >= 0.3 is 0 Å². The molecule has 0 saturated heterocycles. The molecule has 1 atom stereocenters. The first-order chi connectivity index (χ1) is 14.9. The summed E-state index contributed by atoms with van der Waals surface area (Å²) in [5, 5.41) is 14.7. The van der Waals surface area contributed by atoms with Crippen molar-refractivity contribution in [2.45, 2.75) is 31.4 Å². The first-order valence-corrected chi connectivity index (χ1v) is 10.1. The molecule has 0 bridgehead atoms. The molecule has 0 radical (unpaired) electrons. The summed E-state index contributed by atoms with van der Waals surface area (Å²) < 4.78 is 28.2. The van der Waals surface area contributed by atoms with E-state index in [2.05, 4.69) is 15.1 Å². The van der Waals surface area contributed by atoms with Crippen molar-refractivity contribution < 1.29 is 13.9 Å². The second kappa shape index (κ2) is 7.47. The third-order valence-corrected chi connectivity index (χ3v) is 5.78. The smallest absolute Gasteiger partial charge is 0.248 e. The Morgan fingerprint density at radius 3 is 2.68 bits per heavy atom. The predicted octanol–water partition coefficient (Wildman–Crippen LogP) is 4.02. The normalized spacial score (nSPS) is 16.9. The van der Waals surface area contributed by atoms with Crippen LogP contribution in [0.2, 0.25) is 0 Å². The average Bonchev–Trinajstić information content (AvgIpc) is 3.20. The number of alkyl halides is 2. The lowest BCUT2D eigenvalue weighted by Crippen LogP contribution is -2.41. The fraction of sp³-hybridized carbons (Fsp3) is 0.261. The van der Waals surface area contributed by atoms with Crippen LogP contribution in [0.3, 0.4) is 0 Å². The van der Waals surface area contributed by atoms with Crippen LogP contribution in [0.25, 0.3) is 28.0 Å². The van der Waals surface area contributed by atoms with Crippen molar-refractivity contribution >= 4 is 10.9 Å². The van der Waals surface area contributed by atoms with Crippen LogP contribution in [0.1, 0.15) is 30.3 Å². The van der Waals surface area contributed by atoms with Gasteiger partial charge in [-0.05, 0) is 36.2 Å². The van der Waals surface area contributed by atoms with Gasteiger partial charge in [0.25, 0.3) is 0 Å². The highest BCUT2D eigenvalue weighted by Crippen LogP contribution is 2.47. The first-order valence-electron chi connectivity index (χ1n) is 10.1. The van der Waals surface area contributed by atoms with E-state index in [1.807, 2.05) is 42.5 Å². The van der Waals surface area contributed by atoms with Crippen LogP contribution in [0.15, 0.2) is 60.8 Å². The molecule has 4 aromatic rings. The molecule has 8 heteroatoms. The third kappa shape index (κ3) is 3.68. The topological polar surface area (TPSA) is 89.8 Å². The van der Waals surface area contributed by atoms with Gasteiger partial charge in [-0.3, -0.25) is 4.98 Å². The van der Waals surface area contributed by atoms with Crippen LogP contribution in [-0.2, 0) is 6.61 Å². The Balaban J connectivity index is 1.50. The minimum atomic E-state index is -2.61. The van der Waals surface area contributed by atoms with Gasteiger partial charge in [0.1, 0.15) is 0 Å². The minimum absolute atomic E-state index is 0.151. The maximum atomic E-state index is 13.2. The molecule has 0 spiro atoms. The SMILES string of the molecule is NC(c1cccc(-c2ccc3cnn(-c4cccc(CO)n4)c3c2)n1)C1CC(F)(F)C1. The van der Waals surface area contributed by atoms with Crippen molar-refractivity contribution in [1.82, 2.24) is 19.7 Å². The molecule has 1 aromatic carbocycles. The predicted molar refractivity (Wildman–Crippen MR) is 113 cm³/mol.